The number of hydrogen-bond donors (Lipinski definition) is 1. The van der Waals surface area contributed by atoms with E-state index in [1.807, 2.05) is 48.5 Å². The molecular weight excluding hydrogens is 278 g/mol. The number of anilines is 1. The second kappa shape index (κ2) is 5.27. The van der Waals surface area contributed by atoms with E-state index in [0.717, 1.165) is 16.1 Å². The number of amides is 1. The monoisotopic (exact) mass is 289 g/mol. The van der Waals surface area contributed by atoms with Gasteiger partial charge in [0.2, 0.25) is 5.91 Å². The number of carbonyl (C=O) groups excluding carboxylic acids is 1. The first-order valence-corrected chi connectivity index (χ1v) is 7.29. The summed E-state index contributed by atoms with van der Waals surface area (Å²) in [6.07, 6.45) is 0.458. The second-order valence-corrected chi connectivity index (χ2v) is 6.09. The molecule has 1 atom stereocenters. The number of halogens is 1. The van der Waals surface area contributed by atoms with Gasteiger partial charge in [-0.1, -0.05) is 35.9 Å². The molecule has 4 heteroatoms. The van der Waals surface area contributed by atoms with Crippen molar-refractivity contribution in [2.75, 3.05) is 5.32 Å². The summed E-state index contributed by atoms with van der Waals surface area (Å²) in [6.45, 7) is 0. The Morgan fingerprint density at radius 2 is 2.00 bits per heavy atom. The SMILES string of the molecule is O=C1C[C@@H](c2cccc(Cl)c2)Sc2ccccc2N1. The Labute approximate surface area is 121 Å². The molecule has 2 aromatic rings. The Morgan fingerprint density at radius 3 is 2.84 bits per heavy atom. The molecule has 0 unspecified atom stereocenters. The summed E-state index contributed by atoms with van der Waals surface area (Å²) in [4.78, 5) is 13.1. The summed E-state index contributed by atoms with van der Waals surface area (Å²) in [6, 6.07) is 15.6. The van der Waals surface area contributed by atoms with Gasteiger partial charge in [-0.3, -0.25) is 4.79 Å². The number of benzene rings is 2. The maximum Gasteiger partial charge on any atom is 0.225 e. The highest BCUT2D eigenvalue weighted by molar-refractivity contribution is 7.99. The van der Waals surface area contributed by atoms with Crippen LogP contribution in [-0.2, 0) is 4.79 Å². The zero-order chi connectivity index (χ0) is 13.2. The minimum Gasteiger partial charge on any atom is -0.325 e. The molecule has 0 spiro atoms. The van der Waals surface area contributed by atoms with Crippen LogP contribution in [0, 0.1) is 0 Å². The molecule has 3 rings (SSSR count). The number of fused-ring (bicyclic) bond motifs is 1. The Balaban J connectivity index is 1.98. The normalized spacial score (nSPS) is 18.4. The van der Waals surface area contributed by atoms with E-state index in [2.05, 4.69) is 5.32 Å². The standard InChI is InChI=1S/C15H12ClNOS/c16-11-5-3-4-10(8-11)14-9-15(18)17-12-6-1-2-7-13(12)19-14/h1-8,14H,9H2,(H,17,18)/t14-/m0/s1. The fourth-order valence-electron chi connectivity index (χ4n) is 2.13. The molecule has 1 N–H and O–H groups in total. The highest BCUT2D eigenvalue weighted by Crippen LogP contribution is 2.43. The molecule has 19 heavy (non-hydrogen) atoms. The lowest BCUT2D eigenvalue weighted by Crippen LogP contribution is -2.11. The maximum absolute atomic E-state index is 12.0. The van der Waals surface area contributed by atoms with Crippen LogP contribution in [-0.4, -0.2) is 5.91 Å². The van der Waals surface area contributed by atoms with Crippen molar-refractivity contribution in [1.29, 1.82) is 0 Å². The Morgan fingerprint density at radius 1 is 1.16 bits per heavy atom. The van der Waals surface area contributed by atoms with Crippen molar-refractivity contribution in [2.24, 2.45) is 0 Å². The van der Waals surface area contributed by atoms with Gasteiger partial charge < -0.3 is 5.32 Å². The van der Waals surface area contributed by atoms with E-state index in [4.69, 9.17) is 11.6 Å². The highest BCUT2D eigenvalue weighted by Gasteiger charge is 2.23. The van der Waals surface area contributed by atoms with Crippen molar-refractivity contribution in [3.8, 4) is 0 Å². The van der Waals surface area contributed by atoms with Crippen LogP contribution < -0.4 is 5.32 Å². The van der Waals surface area contributed by atoms with E-state index < -0.39 is 0 Å². The van der Waals surface area contributed by atoms with Crippen molar-refractivity contribution < 1.29 is 4.79 Å². The van der Waals surface area contributed by atoms with Crippen molar-refractivity contribution >= 4 is 35.0 Å². The maximum atomic E-state index is 12.0. The van der Waals surface area contributed by atoms with Crippen LogP contribution in [0.3, 0.4) is 0 Å². The van der Waals surface area contributed by atoms with Crippen molar-refractivity contribution in [3.05, 3.63) is 59.1 Å². The third-order valence-electron chi connectivity index (χ3n) is 3.02. The molecule has 1 heterocycles. The Kier molecular flexibility index (Phi) is 3.49. The van der Waals surface area contributed by atoms with Gasteiger partial charge in [0.15, 0.2) is 0 Å². The molecule has 1 amide bonds. The quantitative estimate of drug-likeness (QED) is 0.836. The van der Waals surface area contributed by atoms with E-state index in [1.165, 1.54) is 0 Å². The molecule has 0 saturated carbocycles. The summed E-state index contributed by atoms with van der Waals surface area (Å²) in [5, 5.41) is 3.75. The summed E-state index contributed by atoms with van der Waals surface area (Å²) in [7, 11) is 0. The van der Waals surface area contributed by atoms with Crippen molar-refractivity contribution in [2.45, 2.75) is 16.6 Å². The molecule has 0 fully saturated rings. The van der Waals surface area contributed by atoms with Gasteiger partial charge in [-0.2, -0.15) is 0 Å². The molecule has 0 saturated heterocycles. The molecule has 2 aromatic carbocycles. The number of para-hydroxylation sites is 1. The lowest BCUT2D eigenvalue weighted by molar-refractivity contribution is -0.116. The van der Waals surface area contributed by atoms with Gasteiger partial charge in [-0.05, 0) is 29.8 Å². The lowest BCUT2D eigenvalue weighted by atomic mass is 10.1. The Hall–Kier alpha value is -1.45. The Bertz CT molecular complexity index is 629. The minimum atomic E-state index is 0.0439. The minimum absolute atomic E-state index is 0.0439. The molecule has 1 aliphatic rings. The van der Waals surface area contributed by atoms with E-state index in [9.17, 15) is 4.79 Å². The summed E-state index contributed by atoms with van der Waals surface area (Å²) in [5.74, 6) is 0.0439. The first-order chi connectivity index (χ1) is 9.22. The van der Waals surface area contributed by atoms with Gasteiger partial charge in [0.1, 0.15) is 0 Å². The zero-order valence-electron chi connectivity index (χ0n) is 10.1. The lowest BCUT2D eigenvalue weighted by Gasteiger charge is -2.13. The number of hydrogen-bond acceptors (Lipinski definition) is 2. The predicted molar refractivity (Wildman–Crippen MR) is 79.7 cm³/mol. The van der Waals surface area contributed by atoms with Crippen LogP contribution in [0.5, 0.6) is 0 Å². The molecule has 0 radical (unpaired) electrons. The van der Waals surface area contributed by atoms with Crippen LogP contribution in [0.1, 0.15) is 17.2 Å². The molecule has 0 bridgehead atoms. The average Bonchev–Trinajstić information content (AvgIpc) is 2.56. The van der Waals surface area contributed by atoms with E-state index in [-0.39, 0.29) is 11.2 Å². The van der Waals surface area contributed by atoms with Crippen molar-refractivity contribution in [1.82, 2.24) is 0 Å². The fraction of sp³-hybridized carbons (Fsp3) is 0.133. The van der Waals surface area contributed by atoms with Crippen LogP contribution in [0.25, 0.3) is 0 Å². The second-order valence-electron chi connectivity index (χ2n) is 4.41. The van der Waals surface area contributed by atoms with Gasteiger partial charge in [0, 0.05) is 21.6 Å². The summed E-state index contributed by atoms with van der Waals surface area (Å²) >= 11 is 7.73. The third-order valence-corrected chi connectivity index (χ3v) is 4.59. The number of carbonyl (C=O) groups is 1. The first kappa shape index (κ1) is 12.6. The first-order valence-electron chi connectivity index (χ1n) is 6.03. The van der Waals surface area contributed by atoms with Gasteiger partial charge in [-0.25, -0.2) is 0 Å². The van der Waals surface area contributed by atoms with E-state index in [0.29, 0.717) is 11.4 Å². The molecule has 1 aliphatic heterocycles. The van der Waals surface area contributed by atoms with Gasteiger partial charge in [0.25, 0.3) is 0 Å². The van der Waals surface area contributed by atoms with E-state index in [1.54, 1.807) is 11.8 Å². The highest BCUT2D eigenvalue weighted by atomic mass is 35.5. The van der Waals surface area contributed by atoms with Crippen LogP contribution >= 0.6 is 23.4 Å². The molecule has 0 aliphatic carbocycles. The molecule has 0 aromatic heterocycles. The molecule has 2 nitrogen and oxygen atoms in total. The van der Waals surface area contributed by atoms with Gasteiger partial charge >= 0.3 is 0 Å². The van der Waals surface area contributed by atoms with Gasteiger partial charge in [-0.15, -0.1) is 11.8 Å². The summed E-state index contributed by atoms with van der Waals surface area (Å²) in [5.41, 5.74) is 1.98. The third kappa shape index (κ3) is 2.77. The van der Waals surface area contributed by atoms with Crippen molar-refractivity contribution in [3.63, 3.8) is 0 Å². The van der Waals surface area contributed by atoms with Crippen LogP contribution in [0.2, 0.25) is 5.02 Å². The number of rotatable bonds is 1. The fourth-order valence-corrected chi connectivity index (χ4v) is 3.56. The molecular formula is C15H12ClNOS. The smallest absolute Gasteiger partial charge is 0.225 e. The molecule has 96 valence electrons. The number of nitrogens with one attached hydrogen (secondary N) is 1. The zero-order valence-corrected chi connectivity index (χ0v) is 11.7. The van der Waals surface area contributed by atoms with Gasteiger partial charge in [0.05, 0.1) is 5.69 Å². The topological polar surface area (TPSA) is 29.1 Å². The number of thioether (sulfide) groups is 1. The van der Waals surface area contributed by atoms with E-state index >= 15 is 0 Å². The largest absolute Gasteiger partial charge is 0.325 e. The van der Waals surface area contributed by atoms with Crippen LogP contribution in [0.4, 0.5) is 5.69 Å². The van der Waals surface area contributed by atoms with Crippen LogP contribution in [0.15, 0.2) is 53.4 Å². The predicted octanol–water partition coefficient (Wildman–Crippen LogP) is 4.52. The average molecular weight is 290 g/mol. The summed E-state index contributed by atoms with van der Waals surface area (Å²) < 4.78 is 0.